The summed E-state index contributed by atoms with van der Waals surface area (Å²) in [6, 6.07) is 17.7. The standard InChI is InChI=1S/C27H25N7O/c1-29-34-13-3-2-10-25(34)23(15-19-6-4-8-21(28)14-19)24-11-12-31-27(33-24)32-22-9-5-7-20(16-22)26-17-30-18-35-26/h2-14,16-18,29H,15,28H2,1H3,(H,31,32,33)/b25-23+. The number of nitrogens with two attached hydrogens (primary N) is 1. The number of allylic oxidation sites excluding steroid dienone is 4. The number of anilines is 3. The zero-order valence-corrected chi connectivity index (χ0v) is 19.2. The Kier molecular flexibility index (Phi) is 6.36. The van der Waals surface area contributed by atoms with Gasteiger partial charge in [0.1, 0.15) is 0 Å². The topological polar surface area (TPSA) is 105 Å². The van der Waals surface area contributed by atoms with E-state index in [2.05, 4.69) is 32.9 Å². The SMILES string of the molecule is CNN1C=CC=C/C1=C(/Cc1cccc(N)c1)c1ccnc(Nc2cccc(-c3cnco3)c2)n1. The molecule has 1 aliphatic rings. The van der Waals surface area contributed by atoms with E-state index in [4.69, 9.17) is 15.1 Å². The van der Waals surface area contributed by atoms with Crippen molar-refractivity contribution in [3.63, 3.8) is 0 Å². The van der Waals surface area contributed by atoms with E-state index in [1.807, 2.05) is 78.9 Å². The van der Waals surface area contributed by atoms with Gasteiger partial charge in [0.25, 0.3) is 0 Å². The van der Waals surface area contributed by atoms with Gasteiger partial charge in [0.05, 0.1) is 17.6 Å². The lowest BCUT2D eigenvalue weighted by molar-refractivity contribution is 0.384. The number of benzene rings is 2. The molecule has 8 heteroatoms. The normalized spacial score (nSPS) is 14.3. The first-order valence-electron chi connectivity index (χ1n) is 11.2. The Morgan fingerprint density at radius 1 is 1.09 bits per heavy atom. The van der Waals surface area contributed by atoms with Crippen molar-refractivity contribution in [1.82, 2.24) is 25.4 Å². The molecule has 4 N–H and O–H groups in total. The summed E-state index contributed by atoms with van der Waals surface area (Å²) < 4.78 is 5.42. The van der Waals surface area contributed by atoms with Crippen molar-refractivity contribution < 1.29 is 4.42 Å². The smallest absolute Gasteiger partial charge is 0.227 e. The predicted octanol–water partition coefficient (Wildman–Crippen LogP) is 4.93. The second-order valence-corrected chi connectivity index (χ2v) is 7.92. The van der Waals surface area contributed by atoms with E-state index in [0.717, 1.165) is 39.5 Å². The van der Waals surface area contributed by atoms with Crippen molar-refractivity contribution in [2.45, 2.75) is 6.42 Å². The van der Waals surface area contributed by atoms with Crippen LogP contribution in [0.5, 0.6) is 0 Å². The van der Waals surface area contributed by atoms with Crippen LogP contribution in [0.2, 0.25) is 0 Å². The lowest BCUT2D eigenvalue weighted by atomic mass is 9.98. The van der Waals surface area contributed by atoms with Gasteiger partial charge in [-0.05, 0) is 48.0 Å². The molecule has 0 unspecified atom stereocenters. The van der Waals surface area contributed by atoms with Crippen molar-refractivity contribution in [1.29, 1.82) is 0 Å². The van der Waals surface area contributed by atoms with Gasteiger partial charge >= 0.3 is 0 Å². The summed E-state index contributed by atoms with van der Waals surface area (Å²) in [4.78, 5) is 13.3. The molecular formula is C27H25N7O. The van der Waals surface area contributed by atoms with Crippen LogP contribution in [0.25, 0.3) is 16.9 Å². The van der Waals surface area contributed by atoms with Crippen LogP contribution in [0.4, 0.5) is 17.3 Å². The van der Waals surface area contributed by atoms with E-state index in [-0.39, 0.29) is 0 Å². The Morgan fingerprint density at radius 2 is 2.00 bits per heavy atom. The number of hydrazine groups is 1. The summed E-state index contributed by atoms with van der Waals surface area (Å²) in [5.41, 5.74) is 15.7. The molecule has 0 fully saturated rings. The van der Waals surface area contributed by atoms with Crippen LogP contribution in [0, 0.1) is 0 Å². The maximum Gasteiger partial charge on any atom is 0.227 e. The summed E-state index contributed by atoms with van der Waals surface area (Å²) >= 11 is 0. The zero-order chi connectivity index (χ0) is 24.0. The van der Waals surface area contributed by atoms with Crippen molar-refractivity contribution in [3.8, 4) is 11.3 Å². The minimum absolute atomic E-state index is 0.495. The fourth-order valence-electron chi connectivity index (χ4n) is 3.93. The lowest BCUT2D eigenvalue weighted by Gasteiger charge is -2.26. The molecule has 3 heterocycles. The molecule has 0 aliphatic carbocycles. The monoisotopic (exact) mass is 463 g/mol. The summed E-state index contributed by atoms with van der Waals surface area (Å²) in [6.45, 7) is 0. The molecule has 4 aromatic rings. The van der Waals surface area contributed by atoms with E-state index < -0.39 is 0 Å². The quantitative estimate of drug-likeness (QED) is 0.331. The number of nitrogens with one attached hydrogen (secondary N) is 2. The molecule has 0 saturated carbocycles. The van der Waals surface area contributed by atoms with Gasteiger partial charge in [-0.1, -0.05) is 30.3 Å². The molecule has 0 atom stereocenters. The predicted molar refractivity (Wildman–Crippen MR) is 138 cm³/mol. The van der Waals surface area contributed by atoms with Crippen LogP contribution in [0.3, 0.4) is 0 Å². The van der Waals surface area contributed by atoms with Gasteiger partial charge in [0.15, 0.2) is 12.2 Å². The Labute approximate surface area is 203 Å². The van der Waals surface area contributed by atoms with E-state index in [0.29, 0.717) is 18.1 Å². The Morgan fingerprint density at radius 3 is 2.83 bits per heavy atom. The van der Waals surface area contributed by atoms with E-state index >= 15 is 0 Å². The first kappa shape index (κ1) is 22.1. The molecule has 174 valence electrons. The number of rotatable bonds is 7. The summed E-state index contributed by atoms with van der Waals surface area (Å²) in [7, 11) is 1.89. The fourth-order valence-corrected chi connectivity index (χ4v) is 3.93. The maximum atomic E-state index is 6.05. The van der Waals surface area contributed by atoms with Crippen molar-refractivity contribution >= 4 is 22.9 Å². The van der Waals surface area contributed by atoms with E-state index in [9.17, 15) is 0 Å². The first-order chi connectivity index (χ1) is 17.2. The molecule has 8 nitrogen and oxygen atoms in total. The van der Waals surface area contributed by atoms with Crippen molar-refractivity contribution in [2.24, 2.45) is 0 Å². The number of hydrogen-bond acceptors (Lipinski definition) is 8. The zero-order valence-electron chi connectivity index (χ0n) is 19.2. The first-order valence-corrected chi connectivity index (χ1v) is 11.2. The third-order valence-electron chi connectivity index (χ3n) is 5.54. The highest BCUT2D eigenvalue weighted by molar-refractivity contribution is 5.72. The summed E-state index contributed by atoms with van der Waals surface area (Å²) in [6.07, 6.45) is 13.5. The molecule has 5 rings (SSSR count). The Hall–Kier alpha value is -4.69. The highest BCUT2D eigenvalue weighted by atomic mass is 16.3. The average molecular weight is 464 g/mol. The Bertz CT molecular complexity index is 1410. The fraction of sp³-hybridized carbons (Fsp3) is 0.0741. The summed E-state index contributed by atoms with van der Waals surface area (Å²) in [5, 5.41) is 5.28. The molecule has 0 radical (unpaired) electrons. The minimum atomic E-state index is 0.495. The molecule has 0 spiro atoms. The van der Waals surface area contributed by atoms with Crippen LogP contribution in [-0.4, -0.2) is 27.0 Å². The number of nitrogen functional groups attached to an aromatic ring is 1. The lowest BCUT2D eigenvalue weighted by Crippen LogP contribution is -2.30. The number of nitrogens with zero attached hydrogens (tertiary/aromatic N) is 4. The molecular weight excluding hydrogens is 438 g/mol. The molecule has 0 saturated heterocycles. The van der Waals surface area contributed by atoms with Gasteiger partial charge in [-0.25, -0.2) is 20.4 Å². The molecule has 2 aromatic heterocycles. The maximum absolute atomic E-state index is 6.05. The highest BCUT2D eigenvalue weighted by Crippen LogP contribution is 2.28. The van der Waals surface area contributed by atoms with Crippen LogP contribution in [0.1, 0.15) is 11.3 Å². The van der Waals surface area contributed by atoms with Gasteiger partial charge in [-0.3, -0.25) is 5.01 Å². The summed E-state index contributed by atoms with van der Waals surface area (Å²) in [5.74, 6) is 1.19. The third-order valence-corrected chi connectivity index (χ3v) is 5.54. The third kappa shape index (κ3) is 5.13. The highest BCUT2D eigenvalue weighted by Gasteiger charge is 2.17. The van der Waals surface area contributed by atoms with Gasteiger partial charge in [0.2, 0.25) is 5.95 Å². The molecule has 1 aliphatic heterocycles. The number of aromatic nitrogens is 3. The average Bonchev–Trinajstić information content (AvgIpc) is 3.43. The van der Waals surface area contributed by atoms with Crippen LogP contribution < -0.4 is 16.5 Å². The second kappa shape index (κ2) is 10.1. The van der Waals surface area contributed by atoms with Gasteiger partial charge in [-0.2, -0.15) is 0 Å². The number of oxazole rings is 1. The Balaban J connectivity index is 1.50. The van der Waals surface area contributed by atoms with Crippen LogP contribution in [0.15, 0.2) is 108 Å². The molecule has 0 amide bonds. The van der Waals surface area contributed by atoms with Crippen molar-refractivity contribution in [2.75, 3.05) is 18.1 Å². The number of hydrogen-bond donors (Lipinski definition) is 3. The van der Waals surface area contributed by atoms with Crippen molar-refractivity contribution in [3.05, 3.63) is 115 Å². The molecule has 0 bridgehead atoms. The second-order valence-electron chi connectivity index (χ2n) is 7.92. The van der Waals surface area contributed by atoms with E-state index in [1.54, 1.807) is 12.4 Å². The molecule has 35 heavy (non-hydrogen) atoms. The van der Waals surface area contributed by atoms with Gasteiger partial charge in [0, 0.05) is 48.4 Å². The van der Waals surface area contributed by atoms with Gasteiger partial charge < -0.3 is 15.5 Å². The van der Waals surface area contributed by atoms with E-state index in [1.165, 1.54) is 6.39 Å². The van der Waals surface area contributed by atoms with Crippen LogP contribution in [-0.2, 0) is 6.42 Å². The molecule has 2 aromatic carbocycles. The largest absolute Gasteiger partial charge is 0.444 e. The van der Waals surface area contributed by atoms with Crippen LogP contribution >= 0.6 is 0 Å². The van der Waals surface area contributed by atoms with Gasteiger partial charge in [-0.15, -0.1) is 0 Å². The minimum Gasteiger partial charge on any atom is -0.444 e.